The van der Waals surface area contributed by atoms with Gasteiger partial charge in [-0.05, 0) is 48.5 Å². The fraction of sp³-hybridized carbons (Fsp3) is 0.125. The number of rotatable bonds is 2. The van der Waals surface area contributed by atoms with Crippen molar-refractivity contribution in [3.8, 4) is 17.1 Å². The maximum Gasteiger partial charge on any atom is 0.416 e. The van der Waals surface area contributed by atoms with Gasteiger partial charge < -0.3 is 9.15 Å². The first-order valence-corrected chi connectivity index (χ1v) is 6.22. The predicted molar refractivity (Wildman–Crippen MR) is 73.2 cm³/mol. The third kappa shape index (κ3) is 2.59. The van der Waals surface area contributed by atoms with Gasteiger partial charge >= 0.3 is 6.18 Å². The summed E-state index contributed by atoms with van der Waals surface area (Å²) in [6.07, 6.45) is -4.36. The van der Waals surface area contributed by atoms with Crippen molar-refractivity contribution in [2.24, 2.45) is 0 Å². The molecule has 0 spiro atoms. The van der Waals surface area contributed by atoms with E-state index in [2.05, 4.69) is 0 Å². The van der Waals surface area contributed by atoms with E-state index in [-0.39, 0.29) is 0 Å². The molecule has 0 N–H and O–H groups in total. The number of benzene rings is 2. The fourth-order valence-electron chi connectivity index (χ4n) is 2.12. The van der Waals surface area contributed by atoms with Crippen LogP contribution in [0.1, 0.15) is 5.56 Å². The van der Waals surface area contributed by atoms with Gasteiger partial charge in [-0.25, -0.2) is 0 Å². The van der Waals surface area contributed by atoms with Crippen LogP contribution in [0.3, 0.4) is 0 Å². The maximum atomic E-state index is 12.7. The van der Waals surface area contributed by atoms with E-state index < -0.39 is 11.7 Å². The van der Waals surface area contributed by atoms with Gasteiger partial charge in [0.05, 0.1) is 12.7 Å². The summed E-state index contributed by atoms with van der Waals surface area (Å²) in [7, 11) is 1.56. The van der Waals surface area contributed by atoms with Gasteiger partial charge in [0.15, 0.2) is 0 Å². The maximum absolute atomic E-state index is 12.7. The Kier molecular flexibility index (Phi) is 3.12. The highest BCUT2D eigenvalue weighted by Gasteiger charge is 2.30. The average Bonchev–Trinajstić information content (AvgIpc) is 2.89. The lowest BCUT2D eigenvalue weighted by atomic mass is 10.1. The van der Waals surface area contributed by atoms with Gasteiger partial charge in [0.25, 0.3) is 0 Å². The Bertz CT molecular complexity index is 770. The largest absolute Gasteiger partial charge is 0.497 e. The Morgan fingerprint density at radius 1 is 0.952 bits per heavy atom. The van der Waals surface area contributed by atoms with Crippen molar-refractivity contribution in [1.82, 2.24) is 0 Å². The van der Waals surface area contributed by atoms with Gasteiger partial charge in [-0.15, -0.1) is 0 Å². The van der Waals surface area contributed by atoms with Gasteiger partial charge in [-0.3, -0.25) is 0 Å². The van der Waals surface area contributed by atoms with Crippen LogP contribution in [0.25, 0.3) is 22.3 Å². The molecule has 1 aromatic heterocycles. The van der Waals surface area contributed by atoms with Gasteiger partial charge in [-0.1, -0.05) is 0 Å². The van der Waals surface area contributed by atoms with Gasteiger partial charge in [-0.2, -0.15) is 13.2 Å². The molecule has 0 atom stereocenters. The molecule has 108 valence electrons. The van der Waals surface area contributed by atoms with Crippen LogP contribution in [0.5, 0.6) is 5.75 Å². The summed E-state index contributed by atoms with van der Waals surface area (Å²) in [5.41, 5.74) is 0.520. The molecule has 0 saturated heterocycles. The van der Waals surface area contributed by atoms with Crippen LogP contribution in [0.4, 0.5) is 13.2 Å². The number of methoxy groups -OCH3 is 1. The summed E-state index contributed by atoms with van der Waals surface area (Å²) >= 11 is 0. The normalized spacial score (nSPS) is 11.8. The molecule has 2 aromatic carbocycles. The molecule has 3 rings (SSSR count). The highest BCUT2D eigenvalue weighted by atomic mass is 19.4. The number of fused-ring (bicyclic) bond motifs is 1. The molecule has 0 amide bonds. The lowest BCUT2D eigenvalue weighted by Gasteiger charge is -2.04. The van der Waals surface area contributed by atoms with E-state index in [9.17, 15) is 13.2 Å². The molecule has 3 aromatic rings. The van der Waals surface area contributed by atoms with Crippen LogP contribution in [-0.2, 0) is 6.18 Å². The zero-order chi connectivity index (χ0) is 15.0. The number of ether oxygens (including phenoxy) is 1. The van der Waals surface area contributed by atoms with Crippen LogP contribution >= 0.6 is 0 Å². The van der Waals surface area contributed by atoms with Crippen molar-refractivity contribution in [1.29, 1.82) is 0 Å². The summed E-state index contributed by atoms with van der Waals surface area (Å²) in [5, 5.41) is 0.427. The number of alkyl halides is 3. The molecule has 1 heterocycles. The summed E-state index contributed by atoms with van der Waals surface area (Å²) in [6, 6.07) is 12.2. The SMILES string of the molecule is COc1ccc(-c2cc3cc(C(F)(F)F)ccc3o2)cc1. The van der Waals surface area contributed by atoms with Gasteiger partial charge in [0.1, 0.15) is 17.1 Å². The van der Waals surface area contributed by atoms with Crippen molar-refractivity contribution in [2.75, 3.05) is 7.11 Å². The van der Waals surface area contributed by atoms with Crippen molar-refractivity contribution >= 4 is 11.0 Å². The molecule has 5 heteroatoms. The standard InChI is InChI=1S/C16H11F3O2/c1-20-13-5-2-10(3-6-13)15-9-11-8-12(16(17,18)19)4-7-14(11)21-15/h2-9H,1H3. The highest BCUT2D eigenvalue weighted by Crippen LogP contribution is 2.34. The van der Waals surface area contributed by atoms with Crippen LogP contribution in [0.15, 0.2) is 52.9 Å². The Morgan fingerprint density at radius 3 is 2.29 bits per heavy atom. The summed E-state index contributed by atoms with van der Waals surface area (Å²) < 4.78 is 48.7. The van der Waals surface area contributed by atoms with Crippen molar-refractivity contribution in [2.45, 2.75) is 6.18 Å². The smallest absolute Gasteiger partial charge is 0.416 e. The summed E-state index contributed by atoms with van der Waals surface area (Å²) in [4.78, 5) is 0. The van der Waals surface area contributed by atoms with E-state index in [0.29, 0.717) is 22.5 Å². The highest BCUT2D eigenvalue weighted by molar-refractivity contribution is 5.83. The second kappa shape index (κ2) is 4.84. The molecule has 0 unspecified atom stereocenters. The monoisotopic (exact) mass is 292 g/mol. The Morgan fingerprint density at radius 2 is 1.67 bits per heavy atom. The van der Waals surface area contributed by atoms with E-state index in [0.717, 1.165) is 17.7 Å². The molecule has 0 aliphatic carbocycles. The van der Waals surface area contributed by atoms with E-state index in [1.165, 1.54) is 6.07 Å². The van der Waals surface area contributed by atoms with Crippen LogP contribution in [-0.4, -0.2) is 7.11 Å². The van der Waals surface area contributed by atoms with Crippen molar-refractivity contribution in [3.05, 3.63) is 54.1 Å². The third-order valence-electron chi connectivity index (χ3n) is 3.22. The zero-order valence-corrected chi connectivity index (χ0v) is 11.1. The molecule has 21 heavy (non-hydrogen) atoms. The molecular formula is C16H11F3O2. The topological polar surface area (TPSA) is 22.4 Å². The number of hydrogen-bond acceptors (Lipinski definition) is 2. The van der Waals surface area contributed by atoms with E-state index in [4.69, 9.17) is 9.15 Å². The van der Waals surface area contributed by atoms with E-state index in [1.54, 1.807) is 37.4 Å². The van der Waals surface area contributed by atoms with Gasteiger partial charge in [0.2, 0.25) is 0 Å². The summed E-state index contributed by atoms with van der Waals surface area (Å²) in [6.45, 7) is 0. The molecule has 0 bridgehead atoms. The average molecular weight is 292 g/mol. The van der Waals surface area contributed by atoms with Crippen molar-refractivity contribution in [3.63, 3.8) is 0 Å². The Balaban J connectivity index is 2.04. The first-order chi connectivity index (χ1) is 9.97. The molecular weight excluding hydrogens is 281 g/mol. The first kappa shape index (κ1) is 13.5. The number of hydrogen-bond donors (Lipinski definition) is 0. The molecule has 0 saturated carbocycles. The van der Waals surface area contributed by atoms with Crippen molar-refractivity contribution < 1.29 is 22.3 Å². The lowest BCUT2D eigenvalue weighted by molar-refractivity contribution is -0.137. The second-order valence-corrected chi connectivity index (χ2v) is 4.59. The Labute approximate surface area is 118 Å². The lowest BCUT2D eigenvalue weighted by Crippen LogP contribution is -2.03. The zero-order valence-electron chi connectivity index (χ0n) is 11.1. The third-order valence-corrected chi connectivity index (χ3v) is 3.22. The number of furan rings is 1. The van der Waals surface area contributed by atoms with E-state index in [1.807, 2.05) is 0 Å². The first-order valence-electron chi connectivity index (χ1n) is 6.22. The quantitative estimate of drug-likeness (QED) is 0.653. The van der Waals surface area contributed by atoms with Crippen LogP contribution < -0.4 is 4.74 Å². The van der Waals surface area contributed by atoms with E-state index >= 15 is 0 Å². The molecule has 2 nitrogen and oxygen atoms in total. The van der Waals surface area contributed by atoms with Crippen LogP contribution in [0.2, 0.25) is 0 Å². The van der Waals surface area contributed by atoms with Crippen LogP contribution in [0, 0.1) is 0 Å². The fourth-order valence-corrected chi connectivity index (χ4v) is 2.12. The summed E-state index contributed by atoms with van der Waals surface area (Å²) in [5.74, 6) is 1.22. The molecule has 0 fully saturated rings. The molecule has 0 aliphatic heterocycles. The Hall–Kier alpha value is -2.43. The second-order valence-electron chi connectivity index (χ2n) is 4.59. The molecule has 0 aliphatic rings. The van der Waals surface area contributed by atoms with Gasteiger partial charge in [0, 0.05) is 10.9 Å². The minimum Gasteiger partial charge on any atom is -0.497 e. The molecule has 0 radical (unpaired) electrons. The minimum atomic E-state index is -4.36. The predicted octanol–water partition coefficient (Wildman–Crippen LogP) is 5.13. The minimum absolute atomic E-state index is 0.425. The number of halogens is 3.